The summed E-state index contributed by atoms with van der Waals surface area (Å²) in [6, 6.07) is 0. The Morgan fingerprint density at radius 1 is 1.67 bits per heavy atom. The molecule has 0 unspecified atom stereocenters. The number of nitrogens with zero attached hydrogens (tertiary/aromatic N) is 1. The first-order valence-electron chi connectivity index (χ1n) is 4.14. The zero-order chi connectivity index (χ0) is 8.44. The second kappa shape index (κ2) is 3.03. The summed E-state index contributed by atoms with van der Waals surface area (Å²) >= 11 is 1.56. The molecule has 0 aromatic carbocycles. The zero-order valence-corrected chi connectivity index (χ0v) is 7.60. The quantitative estimate of drug-likeness (QED) is 0.747. The lowest BCUT2D eigenvalue weighted by atomic mass is 9.80. The van der Waals surface area contributed by atoms with Gasteiger partial charge in [-0.15, -0.1) is 11.3 Å². The van der Waals surface area contributed by atoms with Crippen molar-refractivity contribution in [1.82, 2.24) is 4.98 Å². The van der Waals surface area contributed by atoms with E-state index in [4.69, 9.17) is 0 Å². The van der Waals surface area contributed by atoms with Crippen LogP contribution in [0.15, 0.2) is 11.6 Å². The molecule has 1 aliphatic rings. The molecule has 2 N–H and O–H groups in total. The Morgan fingerprint density at radius 3 is 3.00 bits per heavy atom. The molecule has 0 saturated heterocycles. The van der Waals surface area contributed by atoms with Crippen LogP contribution in [0.1, 0.15) is 19.3 Å². The van der Waals surface area contributed by atoms with E-state index in [1.165, 1.54) is 0 Å². The van der Waals surface area contributed by atoms with Gasteiger partial charge in [0, 0.05) is 18.1 Å². The fourth-order valence-corrected chi connectivity index (χ4v) is 1.84. The Morgan fingerprint density at radius 2 is 2.50 bits per heavy atom. The molecule has 1 aliphatic carbocycles. The molecule has 0 radical (unpaired) electrons. The van der Waals surface area contributed by atoms with Crippen LogP contribution in [0.4, 0.5) is 5.13 Å². The monoisotopic (exact) mass is 184 g/mol. The van der Waals surface area contributed by atoms with E-state index in [-0.39, 0.29) is 0 Å². The number of aromatic nitrogens is 1. The van der Waals surface area contributed by atoms with Gasteiger partial charge in [0.1, 0.15) is 0 Å². The van der Waals surface area contributed by atoms with E-state index < -0.39 is 5.60 Å². The van der Waals surface area contributed by atoms with E-state index >= 15 is 0 Å². The van der Waals surface area contributed by atoms with Crippen molar-refractivity contribution >= 4 is 16.5 Å². The van der Waals surface area contributed by atoms with E-state index in [2.05, 4.69) is 10.3 Å². The third-order valence-corrected chi connectivity index (χ3v) is 3.02. The Bertz CT molecular complexity index is 244. The molecular weight excluding hydrogens is 172 g/mol. The summed E-state index contributed by atoms with van der Waals surface area (Å²) in [7, 11) is 0. The smallest absolute Gasteiger partial charge is 0.182 e. The van der Waals surface area contributed by atoms with E-state index in [1.807, 2.05) is 5.38 Å². The molecule has 0 spiro atoms. The molecule has 4 heteroatoms. The van der Waals surface area contributed by atoms with Crippen molar-refractivity contribution in [3.8, 4) is 0 Å². The van der Waals surface area contributed by atoms with E-state index in [0.29, 0.717) is 6.54 Å². The topological polar surface area (TPSA) is 45.1 Å². The molecule has 1 aromatic heterocycles. The van der Waals surface area contributed by atoms with Crippen LogP contribution in [0, 0.1) is 0 Å². The lowest BCUT2D eigenvalue weighted by Crippen LogP contribution is -2.43. The highest BCUT2D eigenvalue weighted by Crippen LogP contribution is 2.31. The second-order valence-electron chi connectivity index (χ2n) is 3.27. The number of hydrogen-bond donors (Lipinski definition) is 2. The van der Waals surface area contributed by atoms with Gasteiger partial charge >= 0.3 is 0 Å². The van der Waals surface area contributed by atoms with Gasteiger partial charge in [0.15, 0.2) is 5.13 Å². The first-order valence-corrected chi connectivity index (χ1v) is 5.02. The minimum Gasteiger partial charge on any atom is -0.388 e. The minimum atomic E-state index is -0.453. The third kappa shape index (κ3) is 1.59. The summed E-state index contributed by atoms with van der Waals surface area (Å²) in [5.41, 5.74) is -0.453. The summed E-state index contributed by atoms with van der Waals surface area (Å²) in [5.74, 6) is 0. The molecule has 1 heterocycles. The molecule has 2 rings (SSSR count). The molecule has 1 aromatic rings. The van der Waals surface area contributed by atoms with Gasteiger partial charge in [-0.2, -0.15) is 0 Å². The summed E-state index contributed by atoms with van der Waals surface area (Å²) in [6.45, 7) is 0.639. The van der Waals surface area contributed by atoms with Gasteiger partial charge in [-0.05, 0) is 19.3 Å². The number of anilines is 1. The zero-order valence-electron chi connectivity index (χ0n) is 6.79. The van der Waals surface area contributed by atoms with Crippen molar-refractivity contribution in [3.63, 3.8) is 0 Å². The van der Waals surface area contributed by atoms with Crippen molar-refractivity contribution in [1.29, 1.82) is 0 Å². The Balaban J connectivity index is 1.82. The SMILES string of the molecule is OC1(CNc2nccs2)CCC1. The van der Waals surface area contributed by atoms with Gasteiger partial charge in [-0.3, -0.25) is 0 Å². The van der Waals surface area contributed by atoms with Crippen molar-refractivity contribution in [2.75, 3.05) is 11.9 Å². The predicted octanol–water partition coefficient (Wildman–Crippen LogP) is 1.47. The highest BCUT2D eigenvalue weighted by atomic mass is 32.1. The Hall–Kier alpha value is -0.610. The highest BCUT2D eigenvalue weighted by molar-refractivity contribution is 7.13. The molecular formula is C8H12N2OS. The van der Waals surface area contributed by atoms with Gasteiger partial charge in [-0.25, -0.2) is 4.98 Å². The van der Waals surface area contributed by atoms with Crippen LogP contribution in [0.3, 0.4) is 0 Å². The largest absolute Gasteiger partial charge is 0.388 e. The Labute approximate surface area is 75.5 Å². The van der Waals surface area contributed by atoms with Crippen molar-refractivity contribution in [2.45, 2.75) is 24.9 Å². The van der Waals surface area contributed by atoms with Crippen LogP contribution in [0.2, 0.25) is 0 Å². The van der Waals surface area contributed by atoms with Gasteiger partial charge in [0.25, 0.3) is 0 Å². The van der Waals surface area contributed by atoms with Crippen LogP contribution in [0.5, 0.6) is 0 Å². The lowest BCUT2D eigenvalue weighted by Gasteiger charge is -2.36. The number of nitrogens with one attached hydrogen (secondary N) is 1. The van der Waals surface area contributed by atoms with Crippen molar-refractivity contribution in [2.24, 2.45) is 0 Å². The summed E-state index contributed by atoms with van der Waals surface area (Å²) in [6.07, 6.45) is 4.75. The van der Waals surface area contributed by atoms with Crippen LogP contribution < -0.4 is 5.32 Å². The molecule has 3 nitrogen and oxygen atoms in total. The molecule has 0 aliphatic heterocycles. The molecule has 0 bridgehead atoms. The maximum atomic E-state index is 9.72. The molecule has 0 amide bonds. The predicted molar refractivity (Wildman–Crippen MR) is 49.4 cm³/mol. The first-order chi connectivity index (χ1) is 5.79. The summed E-state index contributed by atoms with van der Waals surface area (Å²) in [4.78, 5) is 4.07. The molecule has 1 saturated carbocycles. The van der Waals surface area contributed by atoms with E-state index in [0.717, 1.165) is 24.4 Å². The summed E-state index contributed by atoms with van der Waals surface area (Å²) in [5, 5.41) is 15.7. The average molecular weight is 184 g/mol. The van der Waals surface area contributed by atoms with Gasteiger partial charge in [0.2, 0.25) is 0 Å². The number of hydrogen-bond acceptors (Lipinski definition) is 4. The maximum absolute atomic E-state index is 9.72. The standard InChI is InChI=1S/C8H12N2OS/c11-8(2-1-3-8)6-10-7-9-4-5-12-7/h4-5,11H,1-3,6H2,(H,9,10). The average Bonchev–Trinajstić information content (AvgIpc) is 2.49. The van der Waals surface area contributed by atoms with Gasteiger partial charge in [-0.1, -0.05) is 0 Å². The number of aliphatic hydroxyl groups is 1. The number of thiazole rings is 1. The molecule has 66 valence electrons. The van der Waals surface area contributed by atoms with Gasteiger partial charge in [0.05, 0.1) is 5.60 Å². The van der Waals surface area contributed by atoms with Crippen LogP contribution in [-0.2, 0) is 0 Å². The lowest BCUT2D eigenvalue weighted by molar-refractivity contribution is -0.0201. The number of rotatable bonds is 3. The first kappa shape index (κ1) is 8.01. The maximum Gasteiger partial charge on any atom is 0.182 e. The van der Waals surface area contributed by atoms with Crippen molar-refractivity contribution < 1.29 is 5.11 Å². The molecule has 12 heavy (non-hydrogen) atoms. The Kier molecular flexibility index (Phi) is 2.02. The summed E-state index contributed by atoms with van der Waals surface area (Å²) < 4.78 is 0. The van der Waals surface area contributed by atoms with Crippen LogP contribution in [0.25, 0.3) is 0 Å². The second-order valence-corrected chi connectivity index (χ2v) is 4.16. The van der Waals surface area contributed by atoms with Crippen molar-refractivity contribution in [3.05, 3.63) is 11.6 Å². The van der Waals surface area contributed by atoms with Crippen LogP contribution >= 0.6 is 11.3 Å². The fourth-order valence-electron chi connectivity index (χ4n) is 1.31. The molecule has 1 fully saturated rings. The normalized spacial score (nSPS) is 20.1. The van der Waals surface area contributed by atoms with E-state index in [9.17, 15) is 5.11 Å². The minimum absolute atomic E-state index is 0.453. The third-order valence-electron chi connectivity index (χ3n) is 2.29. The van der Waals surface area contributed by atoms with Gasteiger partial charge < -0.3 is 10.4 Å². The van der Waals surface area contributed by atoms with E-state index in [1.54, 1.807) is 17.5 Å². The fraction of sp³-hybridized carbons (Fsp3) is 0.625. The molecule has 0 atom stereocenters. The van der Waals surface area contributed by atoms with Crippen LogP contribution in [-0.4, -0.2) is 22.2 Å². The highest BCUT2D eigenvalue weighted by Gasteiger charge is 2.33.